The summed E-state index contributed by atoms with van der Waals surface area (Å²) in [4.78, 5) is 33.6. The van der Waals surface area contributed by atoms with Crippen LogP contribution in [0.25, 0.3) is 6.08 Å². The summed E-state index contributed by atoms with van der Waals surface area (Å²) in [7, 11) is 1.36. The van der Waals surface area contributed by atoms with E-state index in [0.717, 1.165) is 30.2 Å². The number of carbonyl (C=O) groups is 1. The number of nitrogens with zero attached hydrogens (tertiary/aromatic N) is 3. The lowest BCUT2D eigenvalue weighted by Crippen LogP contribution is -2.13. The summed E-state index contributed by atoms with van der Waals surface area (Å²) in [5.74, 6) is -0.529. The fourth-order valence-corrected chi connectivity index (χ4v) is 3.95. The Labute approximate surface area is 224 Å². The van der Waals surface area contributed by atoms with Crippen LogP contribution in [-0.2, 0) is 11.2 Å². The van der Waals surface area contributed by atoms with E-state index in [4.69, 9.17) is 9.47 Å². The smallest absolute Gasteiger partial charge is 0.318 e. The van der Waals surface area contributed by atoms with Gasteiger partial charge in [-0.05, 0) is 76.5 Å². The number of nitro groups is 2. The Bertz CT molecular complexity index is 1450. The summed E-state index contributed by atoms with van der Waals surface area (Å²) in [6.07, 6.45) is 2.23. The van der Waals surface area contributed by atoms with Crippen LogP contribution >= 0.6 is 22.6 Å². The molecule has 37 heavy (non-hydrogen) atoms. The van der Waals surface area contributed by atoms with Crippen molar-refractivity contribution in [3.8, 4) is 23.3 Å². The molecule has 0 aromatic heterocycles. The Morgan fingerprint density at radius 1 is 1.08 bits per heavy atom. The number of nitriles is 1. The molecule has 0 saturated heterocycles. The van der Waals surface area contributed by atoms with E-state index in [1.54, 1.807) is 18.2 Å². The molecule has 11 nitrogen and oxygen atoms in total. The van der Waals surface area contributed by atoms with Crippen LogP contribution in [0.3, 0.4) is 0 Å². The third kappa shape index (κ3) is 6.58. The van der Waals surface area contributed by atoms with E-state index < -0.39 is 27.1 Å². The quantitative estimate of drug-likeness (QED) is 0.101. The van der Waals surface area contributed by atoms with Gasteiger partial charge in [-0.2, -0.15) is 5.26 Å². The molecular weight excluding hydrogens is 595 g/mol. The average molecular weight is 614 g/mol. The molecule has 12 heteroatoms. The van der Waals surface area contributed by atoms with Crippen molar-refractivity contribution in [1.82, 2.24) is 0 Å². The number of hydrogen-bond donors (Lipinski definition) is 1. The standard InChI is InChI=1S/C25H19IN4O7/c1-3-15-4-6-18(7-5-15)28-25(31)17(14-27)10-16-11-20(26)24(23(12-16)36-2)37-22-9-8-19(29(32)33)13-21(22)30(34)35/h4-13H,3H2,1-2H3,(H,28,31)/b17-10-. The maximum absolute atomic E-state index is 12.7. The van der Waals surface area contributed by atoms with Gasteiger partial charge in [-0.1, -0.05) is 19.1 Å². The fourth-order valence-electron chi connectivity index (χ4n) is 3.22. The highest BCUT2D eigenvalue weighted by Gasteiger charge is 2.23. The zero-order chi connectivity index (χ0) is 27.1. The summed E-state index contributed by atoms with van der Waals surface area (Å²) in [6.45, 7) is 2.02. The zero-order valence-electron chi connectivity index (χ0n) is 19.6. The summed E-state index contributed by atoms with van der Waals surface area (Å²) < 4.78 is 11.5. The second kappa shape index (κ2) is 12.0. The molecule has 3 aromatic rings. The van der Waals surface area contributed by atoms with Crippen LogP contribution < -0.4 is 14.8 Å². The van der Waals surface area contributed by atoms with Gasteiger partial charge in [0, 0.05) is 11.8 Å². The minimum Gasteiger partial charge on any atom is -0.493 e. The molecule has 1 N–H and O–H groups in total. The van der Waals surface area contributed by atoms with Crippen molar-refractivity contribution < 1.29 is 24.1 Å². The number of benzene rings is 3. The van der Waals surface area contributed by atoms with Gasteiger partial charge in [-0.3, -0.25) is 25.0 Å². The third-order valence-electron chi connectivity index (χ3n) is 5.11. The fraction of sp³-hybridized carbons (Fsp3) is 0.120. The molecule has 0 saturated carbocycles. The summed E-state index contributed by atoms with van der Waals surface area (Å²) in [5.41, 5.74) is 0.897. The van der Waals surface area contributed by atoms with Gasteiger partial charge in [0.1, 0.15) is 11.6 Å². The number of rotatable bonds is 9. The summed E-state index contributed by atoms with van der Waals surface area (Å²) in [5, 5.41) is 34.7. The highest BCUT2D eigenvalue weighted by molar-refractivity contribution is 14.1. The molecule has 3 rings (SSSR count). The highest BCUT2D eigenvalue weighted by Crippen LogP contribution is 2.41. The molecule has 0 radical (unpaired) electrons. The van der Waals surface area contributed by atoms with Crippen molar-refractivity contribution in [2.45, 2.75) is 13.3 Å². The van der Waals surface area contributed by atoms with E-state index in [0.29, 0.717) is 14.8 Å². The number of halogens is 1. The predicted octanol–water partition coefficient (Wildman–Crippen LogP) is 6.02. The molecule has 0 unspecified atom stereocenters. The first kappa shape index (κ1) is 27.1. The van der Waals surface area contributed by atoms with Gasteiger partial charge in [-0.15, -0.1) is 0 Å². The van der Waals surface area contributed by atoms with E-state index in [2.05, 4.69) is 5.32 Å². The highest BCUT2D eigenvalue weighted by atomic mass is 127. The number of aryl methyl sites for hydroxylation is 1. The normalized spacial score (nSPS) is 10.8. The van der Waals surface area contributed by atoms with Crippen LogP contribution in [0, 0.1) is 35.1 Å². The van der Waals surface area contributed by atoms with Crippen LogP contribution in [0.15, 0.2) is 60.2 Å². The number of non-ortho nitro benzene ring substituents is 1. The van der Waals surface area contributed by atoms with Crippen LogP contribution in [0.2, 0.25) is 0 Å². The summed E-state index contributed by atoms with van der Waals surface area (Å²) >= 11 is 1.91. The molecule has 0 spiro atoms. The number of hydrogen-bond acceptors (Lipinski definition) is 8. The Morgan fingerprint density at radius 3 is 2.35 bits per heavy atom. The zero-order valence-corrected chi connectivity index (χ0v) is 21.7. The number of methoxy groups -OCH3 is 1. The van der Waals surface area contributed by atoms with Gasteiger partial charge in [0.15, 0.2) is 11.5 Å². The number of carbonyl (C=O) groups excluding carboxylic acids is 1. The second-order valence-electron chi connectivity index (χ2n) is 7.48. The maximum Gasteiger partial charge on any atom is 0.318 e. The van der Waals surface area contributed by atoms with E-state index in [-0.39, 0.29) is 22.8 Å². The minimum atomic E-state index is -0.785. The van der Waals surface area contributed by atoms with Crippen molar-refractivity contribution in [2.24, 2.45) is 0 Å². The lowest BCUT2D eigenvalue weighted by atomic mass is 10.1. The molecule has 1 amide bonds. The second-order valence-corrected chi connectivity index (χ2v) is 8.64. The Balaban J connectivity index is 1.92. The lowest BCUT2D eigenvalue weighted by Gasteiger charge is -2.13. The van der Waals surface area contributed by atoms with E-state index in [9.17, 15) is 30.3 Å². The van der Waals surface area contributed by atoms with Crippen molar-refractivity contribution in [2.75, 3.05) is 12.4 Å². The number of nitro benzene ring substituents is 2. The Morgan fingerprint density at radius 2 is 1.78 bits per heavy atom. The number of nitrogens with one attached hydrogen (secondary N) is 1. The van der Waals surface area contributed by atoms with Gasteiger partial charge >= 0.3 is 5.69 Å². The molecule has 0 bridgehead atoms. The molecule has 3 aromatic carbocycles. The van der Waals surface area contributed by atoms with E-state index in [1.807, 2.05) is 47.7 Å². The van der Waals surface area contributed by atoms with Gasteiger partial charge in [-0.25, -0.2) is 0 Å². The van der Waals surface area contributed by atoms with Crippen molar-refractivity contribution in [1.29, 1.82) is 5.26 Å². The summed E-state index contributed by atoms with van der Waals surface area (Å²) in [6, 6.07) is 15.3. The average Bonchev–Trinajstić information content (AvgIpc) is 2.88. The van der Waals surface area contributed by atoms with Crippen molar-refractivity contribution in [3.05, 3.63) is 95.1 Å². The maximum atomic E-state index is 12.7. The van der Waals surface area contributed by atoms with Gasteiger partial charge in [0.2, 0.25) is 5.75 Å². The first-order chi connectivity index (χ1) is 17.7. The first-order valence-corrected chi connectivity index (χ1v) is 11.7. The van der Waals surface area contributed by atoms with Crippen LogP contribution in [0.4, 0.5) is 17.1 Å². The van der Waals surface area contributed by atoms with Crippen molar-refractivity contribution >= 4 is 51.6 Å². The molecule has 0 aliphatic rings. The first-order valence-electron chi connectivity index (χ1n) is 10.7. The number of amides is 1. The molecule has 0 aliphatic carbocycles. The molecule has 0 atom stereocenters. The molecule has 0 heterocycles. The van der Waals surface area contributed by atoms with E-state index >= 15 is 0 Å². The van der Waals surface area contributed by atoms with Crippen LogP contribution in [0.5, 0.6) is 17.2 Å². The molecule has 0 aliphatic heterocycles. The van der Waals surface area contributed by atoms with E-state index in [1.165, 1.54) is 19.3 Å². The molecule has 188 valence electrons. The predicted molar refractivity (Wildman–Crippen MR) is 144 cm³/mol. The minimum absolute atomic E-state index is 0.121. The van der Waals surface area contributed by atoms with Gasteiger partial charge in [0.25, 0.3) is 11.6 Å². The van der Waals surface area contributed by atoms with Crippen LogP contribution in [0.1, 0.15) is 18.1 Å². The molecule has 0 fully saturated rings. The Hall–Kier alpha value is -4.51. The topological polar surface area (TPSA) is 158 Å². The Kier molecular flexibility index (Phi) is 8.75. The lowest BCUT2D eigenvalue weighted by molar-refractivity contribution is -0.394. The monoisotopic (exact) mass is 614 g/mol. The number of ether oxygens (including phenoxy) is 2. The SMILES string of the molecule is CCc1ccc(NC(=O)/C(C#N)=C\c2cc(I)c(Oc3ccc([N+](=O)[O-])cc3[N+](=O)[O-])c(OC)c2)cc1. The molecular formula is C25H19IN4O7. The van der Waals surface area contributed by atoms with Gasteiger partial charge in [0.05, 0.1) is 26.6 Å². The third-order valence-corrected chi connectivity index (χ3v) is 5.91. The van der Waals surface area contributed by atoms with Crippen LogP contribution in [-0.4, -0.2) is 22.9 Å². The van der Waals surface area contributed by atoms with Gasteiger partial charge < -0.3 is 14.8 Å². The van der Waals surface area contributed by atoms with Crippen molar-refractivity contribution in [3.63, 3.8) is 0 Å². The number of anilines is 1. The largest absolute Gasteiger partial charge is 0.493 e.